The molecule has 0 radical (unpaired) electrons. The van der Waals surface area contributed by atoms with Crippen molar-refractivity contribution in [3.05, 3.63) is 64.7 Å². The largest absolute Gasteiger partial charge is 0.435 e. The summed E-state index contributed by atoms with van der Waals surface area (Å²) in [6.45, 7) is 0.909. The Labute approximate surface area is 116 Å². The highest BCUT2D eigenvalue weighted by atomic mass is 19.3. The highest BCUT2D eigenvalue weighted by molar-refractivity contribution is 6.10. The second-order valence-electron chi connectivity index (χ2n) is 4.55. The predicted octanol–water partition coefficient (Wildman–Crippen LogP) is 4.14. The summed E-state index contributed by atoms with van der Waals surface area (Å²) in [7, 11) is 0. The van der Waals surface area contributed by atoms with Gasteiger partial charge in [0.2, 0.25) is 0 Å². The minimum absolute atomic E-state index is 0.0394. The van der Waals surface area contributed by atoms with E-state index in [4.69, 9.17) is 0 Å². The molecule has 0 saturated carbocycles. The molecule has 0 unspecified atom stereocenters. The molecule has 20 heavy (non-hydrogen) atoms. The van der Waals surface area contributed by atoms with E-state index >= 15 is 0 Å². The van der Waals surface area contributed by atoms with Crippen LogP contribution in [0.4, 0.5) is 8.78 Å². The molecule has 4 heteroatoms. The standard InChI is InChI=1S/C16H14F2O2/c1-10-3-4-11(2)14(9-10)15(19)12-5-7-13(8-6-12)20-16(17)18/h3-9,16H,1-2H3. The zero-order valence-electron chi connectivity index (χ0n) is 11.2. The van der Waals surface area contributed by atoms with Gasteiger partial charge < -0.3 is 4.74 Å². The van der Waals surface area contributed by atoms with Crippen LogP contribution in [0.1, 0.15) is 27.0 Å². The molecule has 0 spiro atoms. The molecule has 0 bridgehead atoms. The van der Waals surface area contributed by atoms with Gasteiger partial charge in [0, 0.05) is 11.1 Å². The molecule has 0 saturated heterocycles. The Balaban J connectivity index is 2.27. The molecule has 0 heterocycles. The third-order valence-electron chi connectivity index (χ3n) is 2.98. The molecule has 0 fully saturated rings. The molecular weight excluding hydrogens is 262 g/mol. The number of hydrogen-bond donors (Lipinski definition) is 0. The number of hydrogen-bond acceptors (Lipinski definition) is 2. The van der Waals surface area contributed by atoms with E-state index in [1.54, 1.807) is 0 Å². The number of ketones is 1. The van der Waals surface area contributed by atoms with Crippen molar-refractivity contribution in [3.63, 3.8) is 0 Å². The third-order valence-corrected chi connectivity index (χ3v) is 2.98. The van der Waals surface area contributed by atoms with Gasteiger partial charge >= 0.3 is 6.61 Å². The highest BCUT2D eigenvalue weighted by Gasteiger charge is 2.12. The SMILES string of the molecule is Cc1ccc(C)c(C(=O)c2ccc(OC(F)F)cc2)c1. The van der Waals surface area contributed by atoms with Crippen LogP contribution < -0.4 is 4.74 Å². The Morgan fingerprint density at radius 3 is 2.30 bits per heavy atom. The van der Waals surface area contributed by atoms with Gasteiger partial charge in [0.25, 0.3) is 0 Å². The van der Waals surface area contributed by atoms with Crippen molar-refractivity contribution in [1.82, 2.24) is 0 Å². The maximum Gasteiger partial charge on any atom is 0.387 e. The number of alkyl halides is 2. The van der Waals surface area contributed by atoms with Crippen LogP contribution in [0.15, 0.2) is 42.5 Å². The van der Waals surface area contributed by atoms with Crippen molar-refractivity contribution in [2.24, 2.45) is 0 Å². The molecule has 2 aromatic rings. The Bertz CT molecular complexity index is 619. The van der Waals surface area contributed by atoms with Crippen LogP contribution in [0.25, 0.3) is 0 Å². The lowest BCUT2D eigenvalue weighted by molar-refractivity contribution is -0.0498. The van der Waals surface area contributed by atoms with E-state index < -0.39 is 6.61 Å². The zero-order chi connectivity index (χ0) is 14.7. The van der Waals surface area contributed by atoms with Crippen LogP contribution in [0.5, 0.6) is 5.75 Å². The maximum absolute atomic E-state index is 12.4. The van der Waals surface area contributed by atoms with Crippen molar-refractivity contribution in [2.45, 2.75) is 20.5 Å². The summed E-state index contributed by atoms with van der Waals surface area (Å²) in [5.41, 5.74) is 2.94. The number of halogens is 2. The van der Waals surface area contributed by atoms with Gasteiger partial charge in [-0.15, -0.1) is 0 Å². The van der Waals surface area contributed by atoms with E-state index in [0.29, 0.717) is 11.1 Å². The summed E-state index contributed by atoms with van der Waals surface area (Å²) in [5, 5.41) is 0. The molecule has 0 N–H and O–H groups in total. The fourth-order valence-electron chi connectivity index (χ4n) is 1.92. The Morgan fingerprint density at radius 2 is 1.70 bits per heavy atom. The summed E-state index contributed by atoms with van der Waals surface area (Å²) in [4.78, 5) is 12.4. The first-order chi connectivity index (χ1) is 9.47. The number of benzene rings is 2. The molecule has 0 aliphatic carbocycles. The highest BCUT2D eigenvalue weighted by Crippen LogP contribution is 2.19. The minimum Gasteiger partial charge on any atom is -0.435 e. The molecule has 104 valence electrons. The second kappa shape index (κ2) is 5.82. The van der Waals surface area contributed by atoms with Crippen LogP contribution in [-0.4, -0.2) is 12.4 Å². The molecular formula is C16H14F2O2. The van der Waals surface area contributed by atoms with Crippen molar-refractivity contribution in [1.29, 1.82) is 0 Å². The van der Waals surface area contributed by atoms with E-state index in [2.05, 4.69) is 4.74 Å². The van der Waals surface area contributed by atoms with Gasteiger partial charge in [-0.25, -0.2) is 0 Å². The number of carbonyl (C=O) groups excluding carboxylic acids is 1. The average molecular weight is 276 g/mol. The molecule has 0 atom stereocenters. The van der Waals surface area contributed by atoms with Crippen LogP contribution in [0.3, 0.4) is 0 Å². The number of aryl methyl sites for hydroxylation is 2. The summed E-state index contributed by atoms with van der Waals surface area (Å²) >= 11 is 0. The van der Waals surface area contributed by atoms with Gasteiger partial charge in [-0.2, -0.15) is 8.78 Å². The molecule has 0 aromatic heterocycles. The first-order valence-corrected chi connectivity index (χ1v) is 6.14. The summed E-state index contributed by atoms with van der Waals surface area (Å²) in [6.07, 6.45) is 0. The minimum atomic E-state index is -2.87. The Hall–Kier alpha value is -2.23. The molecule has 0 aliphatic heterocycles. The topological polar surface area (TPSA) is 26.3 Å². The van der Waals surface area contributed by atoms with Gasteiger partial charge in [0.1, 0.15) is 5.75 Å². The number of carbonyl (C=O) groups is 1. The van der Waals surface area contributed by atoms with Crippen molar-refractivity contribution >= 4 is 5.78 Å². The lowest BCUT2D eigenvalue weighted by Crippen LogP contribution is -2.05. The van der Waals surface area contributed by atoms with Gasteiger partial charge in [-0.05, 0) is 49.7 Å². The van der Waals surface area contributed by atoms with E-state index in [9.17, 15) is 13.6 Å². The van der Waals surface area contributed by atoms with Crippen molar-refractivity contribution in [3.8, 4) is 5.75 Å². The fraction of sp³-hybridized carbons (Fsp3) is 0.188. The quantitative estimate of drug-likeness (QED) is 0.785. The normalized spacial score (nSPS) is 10.7. The lowest BCUT2D eigenvalue weighted by Gasteiger charge is -2.08. The first-order valence-electron chi connectivity index (χ1n) is 6.14. The van der Waals surface area contributed by atoms with Gasteiger partial charge in [0.05, 0.1) is 0 Å². The fourth-order valence-corrected chi connectivity index (χ4v) is 1.92. The molecule has 2 aromatic carbocycles. The van der Waals surface area contributed by atoms with Gasteiger partial charge in [-0.3, -0.25) is 4.79 Å². The summed E-state index contributed by atoms with van der Waals surface area (Å²) in [5.74, 6) is -0.0905. The van der Waals surface area contributed by atoms with Crippen LogP contribution >= 0.6 is 0 Å². The lowest BCUT2D eigenvalue weighted by atomic mass is 9.97. The van der Waals surface area contributed by atoms with Gasteiger partial charge in [0.15, 0.2) is 5.78 Å². The molecule has 2 rings (SSSR count). The van der Waals surface area contributed by atoms with E-state index in [-0.39, 0.29) is 11.5 Å². The zero-order valence-corrected chi connectivity index (χ0v) is 11.2. The van der Waals surface area contributed by atoms with Crippen LogP contribution in [-0.2, 0) is 0 Å². The average Bonchev–Trinajstić information content (AvgIpc) is 2.41. The van der Waals surface area contributed by atoms with Crippen LogP contribution in [0.2, 0.25) is 0 Å². The molecule has 0 aliphatic rings. The Morgan fingerprint density at radius 1 is 1.05 bits per heavy atom. The van der Waals surface area contributed by atoms with E-state index in [0.717, 1.165) is 11.1 Å². The molecule has 2 nitrogen and oxygen atoms in total. The van der Waals surface area contributed by atoms with E-state index in [1.165, 1.54) is 24.3 Å². The van der Waals surface area contributed by atoms with Crippen LogP contribution in [0, 0.1) is 13.8 Å². The second-order valence-corrected chi connectivity index (χ2v) is 4.55. The first kappa shape index (κ1) is 14.2. The molecule has 0 amide bonds. The number of rotatable bonds is 4. The van der Waals surface area contributed by atoms with Crippen molar-refractivity contribution in [2.75, 3.05) is 0 Å². The smallest absolute Gasteiger partial charge is 0.387 e. The Kier molecular flexibility index (Phi) is 4.13. The summed E-state index contributed by atoms with van der Waals surface area (Å²) in [6, 6.07) is 11.3. The maximum atomic E-state index is 12.4. The third kappa shape index (κ3) is 3.20. The monoisotopic (exact) mass is 276 g/mol. The van der Waals surface area contributed by atoms with Gasteiger partial charge in [-0.1, -0.05) is 17.7 Å². The predicted molar refractivity (Wildman–Crippen MR) is 72.4 cm³/mol. The van der Waals surface area contributed by atoms with Crippen molar-refractivity contribution < 1.29 is 18.3 Å². The van der Waals surface area contributed by atoms with E-state index in [1.807, 2.05) is 32.0 Å². The number of ether oxygens (including phenoxy) is 1. The summed E-state index contributed by atoms with van der Waals surface area (Å²) < 4.78 is 28.4.